The van der Waals surface area contributed by atoms with Gasteiger partial charge in [0.1, 0.15) is 5.69 Å². The lowest BCUT2D eigenvalue weighted by atomic mass is 10.3. The van der Waals surface area contributed by atoms with Crippen LogP contribution in [0.5, 0.6) is 0 Å². The van der Waals surface area contributed by atoms with Crippen LogP contribution in [0.4, 0.5) is 0 Å². The second-order valence-electron chi connectivity index (χ2n) is 3.93. The third-order valence-electron chi connectivity index (χ3n) is 2.55. The molecule has 0 radical (unpaired) electrons. The third kappa shape index (κ3) is 3.49. The molecule has 0 saturated heterocycles. The molecular formula is C13H15Cl2N3O2. The van der Waals surface area contributed by atoms with Crippen LogP contribution in [0, 0.1) is 0 Å². The minimum Gasteiger partial charge on any atom is -0.347 e. The van der Waals surface area contributed by atoms with Crippen molar-refractivity contribution in [1.82, 2.24) is 15.0 Å². The van der Waals surface area contributed by atoms with Gasteiger partial charge in [-0.05, 0) is 32.0 Å². The summed E-state index contributed by atoms with van der Waals surface area (Å²) in [6.45, 7) is 4.84. The lowest BCUT2D eigenvalue weighted by molar-refractivity contribution is -0.142. The first-order chi connectivity index (χ1) is 9.65. The number of aromatic nitrogens is 3. The van der Waals surface area contributed by atoms with E-state index in [-0.39, 0.29) is 0 Å². The van der Waals surface area contributed by atoms with Crippen molar-refractivity contribution in [2.75, 3.05) is 13.2 Å². The summed E-state index contributed by atoms with van der Waals surface area (Å²) in [4.78, 5) is 0. The molecule has 0 aliphatic rings. The highest BCUT2D eigenvalue weighted by molar-refractivity contribution is 6.35. The zero-order chi connectivity index (χ0) is 14.5. The topological polar surface area (TPSA) is 49.2 Å². The number of hydrogen-bond donors (Lipinski definition) is 0. The van der Waals surface area contributed by atoms with Crippen molar-refractivity contribution >= 4 is 23.2 Å². The molecule has 1 heterocycles. The summed E-state index contributed by atoms with van der Waals surface area (Å²) in [5.41, 5.74) is 1.29. The maximum absolute atomic E-state index is 6.14. The molecular weight excluding hydrogens is 301 g/mol. The number of ether oxygens (including phenoxy) is 2. The summed E-state index contributed by atoms with van der Waals surface area (Å²) in [6.07, 6.45) is 1.20. The first-order valence-corrected chi connectivity index (χ1v) is 7.02. The number of benzene rings is 1. The monoisotopic (exact) mass is 315 g/mol. The Morgan fingerprint density at radius 3 is 2.50 bits per heavy atom. The summed E-state index contributed by atoms with van der Waals surface area (Å²) in [5, 5.41) is 9.17. The SMILES string of the molecule is CCOC(OCC)c1cn(-c2ccc(Cl)cc2Cl)nn1. The van der Waals surface area contributed by atoms with E-state index >= 15 is 0 Å². The first-order valence-electron chi connectivity index (χ1n) is 6.26. The summed E-state index contributed by atoms with van der Waals surface area (Å²) in [7, 11) is 0. The fourth-order valence-corrected chi connectivity index (χ4v) is 2.19. The maximum atomic E-state index is 6.14. The minimum atomic E-state index is -0.523. The van der Waals surface area contributed by atoms with Crippen LogP contribution in [-0.4, -0.2) is 28.2 Å². The fourth-order valence-electron chi connectivity index (χ4n) is 1.69. The number of hydrogen-bond acceptors (Lipinski definition) is 4. The molecule has 2 rings (SSSR count). The van der Waals surface area contributed by atoms with Crippen LogP contribution in [0.3, 0.4) is 0 Å². The molecule has 0 unspecified atom stereocenters. The van der Waals surface area contributed by atoms with Crippen molar-refractivity contribution in [3.05, 3.63) is 40.1 Å². The van der Waals surface area contributed by atoms with Gasteiger partial charge in [-0.3, -0.25) is 0 Å². The summed E-state index contributed by atoms with van der Waals surface area (Å²) in [6, 6.07) is 5.18. The van der Waals surface area contributed by atoms with Crippen molar-refractivity contribution < 1.29 is 9.47 Å². The van der Waals surface area contributed by atoms with Crippen molar-refractivity contribution in [2.45, 2.75) is 20.1 Å². The normalized spacial score (nSPS) is 11.2. The van der Waals surface area contributed by atoms with Crippen LogP contribution in [0.1, 0.15) is 25.8 Å². The molecule has 0 N–H and O–H groups in total. The Balaban J connectivity index is 2.27. The van der Waals surface area contributed by atoms with Gasteiger partial charge in [-0.25, -0.2) is 4.68 Å². The van der Waals surface area contributed by atoms with Crippen molar-refractivity contribution in [1.29, 1.82) is 0 Å². The quantitative estimate of drug-likeness (QED) is 0.763. The lowest BCUT2D eigenvalue weighted by Gasteiger charge is -2.13. The van der Waals surface area contributed by atoms with Crippen LogP contribution >= 0.6 is 23.2 Å². The smallest absolute Gasteiger partial charge is 0.204 e. The number of nitrogens with zero attached hydrogens (tertiary/aromatic N) is 3. The van der Waals surface area contributed by atoms with Gasteiger partial charge in [0, 0.05) is 18.2 Å². The molecule has 0 bridgehead atoms. The maximum Gasteiger partial charge on any atom is 0.204 e. The molecule has 5 nitrogen and oxygen atoms in total. The van der Waals surface area contributed by atoms with Gasteiger partial charge in [-0.2, -0.15) is 0 Å². The van der Waals surface area contributed by atoms with Crippen LogP contribution in [0.2, 0.25) is 10.0 Å². The zero-order valence-corrected chi connectivity index (χ0v) is 12.7. The summed E-state index contributed by atoms with van der Waals surface area (Å²) in [5.74, 6) is 0. The Hall–Kier alpha value is -1.14. The Labute approximate surface area is 127 Å². The van der Waals surface area contributed by atoms with E-state index in [1.807, 2.05) is 13.8 Å². The van der Waals surface area contributed by atoms with Gasteiger partial charge in [-0.15, -0.1) is 5.10 Å². The predicted octanol–water partition coefficient (Wildman–Crippen LogP) is 3.65. The Morgan fingerprint density at radius 1 is 1.20 bits per heavy atom. The first kappa shape index (κ1) is 15.3. The standard InChI is InChI=1S/C13H15Cl2N3O2/c1-3-19-13(20-4-2)11-8-18(17-16-11)12-6-5-9(14)7-10(12)15/h5-8,13H,3-4H2,1-2H3. The average molecular weight is 316 g/mol. The van der Waals surface area contributed by atoms with E-state index in [9.17, 15) is 0 Å². The molecule has 0 amide bonds. The molecule has 0 fully saturated rings. The molecule has 0 spiro atoms. The van der Waals surface area contributed by atoms with Gasteiger partial charge in [-0.1, -0.05) is 28.4 Å². The van der Waals surface area contributed by atoms with Gasteiger partial charge in [0.05, 0.1) is 16.9 Å². The highest BCUT2D eigenvalue weighted by Crippen LogP contribution is 2.25. The molecule has 2 aromatic rings. The van der Waals surface area contributed by atoms with Gasteiger partial charge >= 0.3 is 0 Å². The predicted molar refractivity (Wildman–Crippen MR) is 77.4 cm³/mol. The zero-order valence-electron chi connectivity index (χ0n) is 11.2. The van der Waals surface area contributed by atoms with Gasteiger partial charge < -0.3 is 9.47 Å². The van der Waals surface area contributed by atoms with Gasteiger partial charge in [0.2, 0.25) is 6.29 Å². The molecule has 20 heavy (non-hydrogen) atoms. The van der Waals surface area contributed by atoms with Gasteiger partial charge in [0.25, 0.3) is 0 Å². The third-order valence-corrected chi connectivity index (χ3v) is 3.08. The Kier molecular flexibility index (Phi) is 5.37. The van der Waals surface area contributed by atoms with Gasteiger partial charge in [0.15, 0.2) is 0 Å². The molecule has 1 aromatic heterocycles. The van der Waals surface area contributed by atoms with E-state index < -0.39 is 6.29 Å². The van der Waals surface area contributed by atoms with Crippen LogP contribution in [-0.2, 0) is 9.47 Å². The molecule has 0 saturated carbocycles. The van der Waals surface area contributed by atoms with Crippen LogP contribution in [0.15, 0.2) is 24.4 Å². The Bertz CT molecular complexity index is 568. The van der Waals surface area contributed by atoms with E-state index in [0.717, 1.165) is 0 Å². The van der Waals surface area contributed by atoms with E-state index in [0.29, 0.717) is 34.6 Å². The number of rotatable bonds is 6. The highest BCUT2D eigenvalue weighted by Gasteiger charge is 2.16. The number of halogens is 2. The second kappa shape index (κ2) is 7.04. The Morgan fingerprint density at radius 2 is 1.90 bits per heavy atom. The summed E-state index contributed by atoms with van der Waals surface area (Å²) >= 11 is 12.0. The van der Waals surface area contributed by atoms with Crippen molar-refractivity contribution in [3.8, 4) is 5.69 Å². The molecule has 0 aliphatic heterocycles. The molecule has 0 atom stereocenters. The summed E-state index contributed by atoms with van der Waals surface area (Å²) < 4.78 is 12.5. The average Bonchev–Trinajstić information content (AvgIpc) is 2.88. The fraction of sp³-hybridized carbons (Fsp3) is 0.385. The molecule has 1 aromatic carbocycles. The lowest BCUT2D eigenvalue weighted by Crippen LogP contribution is -2.09. The van der Waals surface area contributed by atoms with Crippen molar-refractivity contribution in [2.24, 2.45) is 0 Å². The van der Waals surface area contributed by atoms with E-state index in [2.05, 4.69) is 10.3 Å². The highest BCUT2D eigenvalue weighted by atomic mass is 35.5. The van der Waals surface area contributed by atoms with Crippen molar-refractivity contribution in [3.63, 3.8) is 0 Å². The minimum absolute atomic E-state index is 0.498. The van der Waals surface area contributed by atoms with E-state index in [4.69, 9.17) is 32.7 Å². The second-order valence-corrected chi connectivity index (χ2v) is 4.77. The van der Waals surface area contributed by atoms with E-state index in [1.54, 1.807) is 29.1 Å². The van der Waals surface area contributed by atoms with Crippen LogP contribution in [0.25, 0.3) is 5.69 Å². The molecule has 108 valence electrons. The van der Waals surface area contributed by atoms with Crippen LogP contribution < -0.4 is 0 Å². The van der Waals surface area contributed by atoms with E-state index in [1.165, 1.54) is 0 Å². The largest absolute Gasteiger partial charge is 0.347 e. The molecule has 0 aliphatic carbocycles. The molecule has 7 heteroatoms.